The molecule has 3 aromatic heterocycles. The molecule has 0 aliphatic heterocycles. The van der Waals surface area contributed by atoms with Crippen LogP contribution in [0.5, 0.6) is 0 Å². The van der Waals surface area contributed by atoms with E-state index in [4.69, 9.17) is 0 Å². The van der Waals surface area contributed by atoms with Crippen molar-refractivity contribution in [2.24, 2.45) is 0 Å². The van der Waals surface area contributed by atoms with Crippen LogP contribution < -0.4 is 0 Å². The fourth-order valence-corrected chi connectivity index (χ4v) is 2.21. The highest BCUT2D eigenvalue weighted by molar-refractivity contribution is 14.1. The van der Waals surface area contributed by atoms with Gasteiger partial charge in [-0.2, -0.15) is 10.2 Å². The van der Waals surface area contributed by atoms with Gasteiger partial charge in [0.15, 0.2) is 0 Å². The zero-order valence-electron chi connectivity index (χ0n) is 9.13. The van der Waals surface area contributed by atoms with E-state index in [-0.39, 0.29) is 0 Å². The number of nitrogens with zero attached hydrogens (tertiary/aromatic N) is 4. The van der Waals surface area contributed by atoms with Crippen molar-refractivity contribution in [1.82, 2.24) is 19.6 Å². The van der Waals surface area contributed by atoms with Gasteiger partial charge in [0.25, 0.3) is 0 Å². The monoisotopic (exact) mass is 336 g/mol. The average Bonchev–Trinajstić information content (AvgIpc) is 2.72. The van der Waals surface area contributed by atoms with E-state index in [1.165, 1.54) is 0 Å². The molecule has 4 nitrogen and oxygen atoms in total. The highest BCUT2D eigenvalue weighted by atomic mass is 127. The molecule has 0 saturated heterocycles. The van der Waals surface area contributed by atoms with Crippen LogP contribution in [0.3, 0.4) is 0 Å². The van der Waals surface area contributed by atoms with Gasteiger partial charge in [0.2, 0.25) is 0 Å². The Balaban J connectivity index is 2.14. The third-order valence-electron chi connectivity index (χ3n) is 2.56. The van der Waals surface area contributed by atoms with Crippen molar-refractivity contribution in [2.45, 2.75) is 6.92 Å². The molecule has 0 aromatic carbocycles. The lowest BCUT2D eigenvalue weighted by Crippen LogP contribution is -1.92. The van der Waals surface area contributed by atoms with E-state index >= 15 is 0 Å². The highest BCUT2D eigenvalue weighted by Gasteiger charge is 2.04. The second-order valence-electron chi connectivity index (χ2n) is 3.78. The van der Waals surface area contributed by atoms with Crippen LogP contribution in [0, 0.1) is 10.6 Å². The summed E-state index contributed by atoms with van der Waals surface area (Å²) in [5, 5.41) is 8.24. The molecular weight excluding hydrogens is 327 g/mol. The Bertz CT molecular complexity index is 673. The molecule has 0 aliphatic carbocycles. The molecule has 3 aromatic rings. The first-order valence-corrected chi connectivity index (χ1v) is 6.25. The maximum Gasteiger partial charge on any atom is 0.138 e. The van der Waals surface area contributed by atoms with Gasteiger partial charge in [0, 0.05) is 11.8 Å². The van der Waals surface area contributed by atoms with Gasteiger partial charge in [-0.1, -0.05) is 0 Å². The van der Waals surface area contributed by atoms with E-state index in [0.717, 1.165) is 26.3 Å². The number of pyridine rings is 1. The zero-order valence-corrected chi connectivity index (χ0v) is 11.3. The molecule has 0 amide bonds. The number of imidazole rings is 1. The lowest BCUT2D eigenvalue weighted by molar-refractivity contribution is 0.986. The van der Waals surface area contributed by atoms with Crippen LogP contribution in [0.4, 0.5) is 0 Å². The Morgan fingerprint density at radius 1 is 1.18 bits per heavy atom. The van der Waals surface area contributed by atoms with Gasteiger partial charge in [-0.05, 0) is 53.8 Å². The Kier molecular flexibility index (Phi) is 2.54. The minimum atomic E-state index is 0.871. The number of fused-ring (bicyclic) bond motifs is 1. The van der Waals surface area contributed by atoms with Crippen molar-refractivity contribution in [3.05, 3.63) is 46.1 Å². The van der Waals surface area contributed by atoms with Crippen LogP contribution in [0.25, 0.3) is 16.9 Å². The van der Waals surface area contributed by atoms with Crippen molar-refractivity contribution < 1.29 is 0 Å². The molecule has 5 heteroatoms. The number of rotatable bonds is 1. The number of halogens is 1. The first kappa shape index (κ1) is 10.6. The molecule has 84 valence electrons. The van der Waals surface area contributed by atoms with Crippen LogP contribution in [0.2, 0.25) is 0 Å². The summed E-state index contributed by atoms with van der Waals surface area (Å²) >= 11 is 2.26. The van der Waals surface area contributed by atoms with E-state index in [1.54, 1.807) is 0 Å². The molecule has 3 heterocycles. The summed E-state index contributed by atoms with van der Waals surface area (Å²) in [6.07, 6.45) is 3.85. The molecule has 0 unspecified atom stereocenters. The molecule has 0 atom stereocenters. The van der Waals surface area contributed by atoms with Crippen molar-refractivity contribution >= 4 is 28.2 Å². The molecule has 0 radical (unpaired) electrons. The quantitative estimate of drug-likeness (QED) is 0.642. The first-order valence-electron chi connectivity index (χ1n) is 5.17. The highest BCUT2D eigenvalue weighted by Crippen LogP contribution is 2.19. The maximum absolute atomic E-state index is 4.33. The molecule has 17 heavy (non-hydrogen) atoms. The standard InChI is InChI=1S/C12H9IN4/c1-8-2-3-10(16-15-8)9-4-5-17-11(13)7-14-12(17)6-9/h2-7H,1H3. The van der Waals surface area contributed by atoms with Crippen molar-refractivity contribution in [3.63, 3.8) is 0 Å². The summed E-state index contributed by atoms with van der Waals surface area (Å²) in [6.45, 7) is 1.93. The normalized spacial score (nSPS) is 10.9. The van der Waals surface area contributed by atoms with Crippen LogP contribution in [-0.2, 0) is 0 Å². The molecule has 0 spiro atoms. The minimum absolute atomic E-state index is 0.871. The van der Waals surface area contributed by atoms with Crippen LogP contribution in [-0.4, -0.2) is 19.6 Å². The number of hydrogen-bond donors (Lipinski definition) is 0. The summed E-state index contributed by atoms with van der Waals surface area (Å²) in [7, 11) is 0. The van der Waals surface area contributed by atoms with Gasteiger partial charge in [-0.25, -0.2) is 4.98 Å². The van der Waals surface area contributed by atoms with E-state index < -0.39 is 0 Å². The van der Waals surface area contributed by atoms with Crippen molar-refractivity contribution in [1.29, 1.82) is 0 Å². The molecule has 0 saturated carbocycles. The lowest BCUT2D eigenvalue weighted by Gasteiger charge is -2.01. The maximum atomic E-state index is 4.33. The van der Waals surface area contributed by atoms with Gasteiger partial charge >= 0.3 is 0 Å². The summed E-state index contributed by atoms with van der Waals surface area (Å²) < 4.78 is 3.13. The second-order valence-corrected chi connectivity index (χ2v) is 4.89. The van der Waals surface area contributed by atoms with Crippen molar-refractivity contribution in [3.8, 4) is 11.3 Å². The summed E-state index contributed by atoms with van der Waals surface area (Å²) in [4.78, 5) is 4.33. The zero-order chi connectivity index (χ0) is 11.8. The Morgan fingerprint density at radius 3 is 2.82 bits per heavy atom. The van der Waals surface area contributed by atoms with E-state index in [0.29, 0.717) is 0 Å². The second kappa shape index (κ2) is 4.06. The Labute approximate surface area is 112 Å². The fraction of sp³-hybridized carbons (Fsp3) is 0.0833. The van der Waals surface area contributed by atoms with Gasteiger partial charge in [0.1, 0.15) is 9.35 Å². The minimum Gasteiger partial charge on any atom is -0.295 e. The largest absolute Gasteiger partial charge is 0.295 e. The Hall–Kier alpha value is -1.50. The predicted molar refractivity (Wildman–Crippen MR) is 73.7 cm³/mol. The number of aromatic nitrogens is 4. The summed E-state index contributed by atoms with van der Waals surface area (Å²) in [5.41, 5.74) is 3.75. The third-order valence-corrected chi connectivity index (χ3v) is 3.36. The van der Waals surface area contributed by atoms with Crippen LogP contribution in [0.1, 0.15) is 5.69 Å². The average molecular weight is 336 g/mol. The van der Waals surface area contributed by atoms with Gasteiger partial charge < -0.3 is 0 Å². The smallest absolute Gasteiger partial charge is 0.138 e. The van der Waals surface area contributed by atoms with Gasteiger partial charge in [0.05, 0.1) is 17.6 Å². The molecular formula is C12H9IN4. The van der Waals surface area contributed by atoms with E-state index in [9.17, 15) is 0 Å². The number of hydrogen-bond acceptors (Lipinski definition) is 3. The van der Waals surface area contributed by atoms with Crippen LogP contribution in [0.15, 0.2) is 36.7 Å². The topological polar surface area (TPSA) is 43.1 Å². The van der Waals surface area contributed by atoms with E-state index in [1.807, 2.05) is 48.0 Å². The summed E-state index contributed by atoms with van der Waals surface area (Å²) in [5.74, 6) is 0. The molecule has 0 N–H and O–H groups in total. The van der Waals surface area contributed by atoms with E-state index in [2.05, 4.69) is 37.8 Å². The SMILES string of the molecule is Cc1ccc(-c2ccn3c(I)cnc3c2)nn1. The fourth-order valence-electron chi connectivity index (χ4n) is 1.66. The lowest BCUT2D eigenvalue weighted by atomic mass is 10.2. The molecule has 0 fully saturated rings. The first-order chi connectivity index (χ1) is 8.24. The third kappa shape index (κ3) is 1.90. The number of aryl methyl sites for hydroxylation is 1. The van der Waals surface area contributed by atoms with Gasteiger partial charge in [-0.15, -0.1) is 0 Å². The Morgan fingerprint density at radius 2 is 2.06 bits per heavy atom. The molecule has 3 rings (SSSR count). The predicted octanol–water partition coefficient (Wildman–Crippen LogP) is 2.70. The van der Waals surface area contributed by atoms with Crippen molar-refractivity contribution in [2.75, 3.05) is 0 Å². The molecule has 0 bridgehead atoms. The van der Waals surface area contributed by atoms with Crippen LogP contribution >= 0.6 is 22.6 Å². The van der Waals surface area contributed by atoms with Gasteiger partial charge in [-0.3, -0.25) is 4.40 Å². The molecule has 0 aliphatic rings. The summed E-state index contributed by atoms with van der Waals surface area (Å²) in [6, 6.07) is 7.97.